The highest BCUT2D eigenvalue weighted by Crippen LogP contribution is 2.42. The van der Waals surface area contributed by atoms with Gasteiger partial charge in [-0.25, -0.2) is 4.98 Å². The predicted octanol–water partition coefficient (Wildman–Crippen LogP) is -1.05. The minimum absolute atomic E-state index is 0.0390. The monoisotopic (exact) mass is 323 g/mol. The Morgan fingerprint density at radius 3 is 2.87 bits per heavy atom. The summed E-state index contributed by atoms with van der Waals surface area (Å²) in [6.07, 6.45) is 4.05. The molecule has 0 unspecified atom stereocenters. The Labute approximate surface area is 129 Å². The lowest BCUT2D eigenvalue weighted by molar-refractivity contribution is -0.0899. The lowest BCUT2D eigenvalue weighted by Gasteiger charge is -2.23. The van der Waals surface area contributed by atoms with Crippen molar-refractivity contribution < 1.29 is 24.4 Å². The maximum atomic E-state index is 13.4. The second kappa shape index (κ2) is 5.31. The van der Waals surface area contributed by atoms with Crippen molar-refractivity contribution in [2.45, 2.75) is 17.9 Å². The Morgan fingerprint density at radius 2 is 2.26 bits per heavy atom. The van der Waals surface area contributed by atoms with E-state index in [0.29, 0.717) is 0 Å². The molecule has 3 heterocycles. The van der Waals surface area contributed by atoms with E-state index in [9.17, 15) is 19.7 Å². The third-order valence-corrected chi connectivity index (χ3v) is 3.93. The lowest BCUT2D eigenvalue weighted by atomic mass is 9.91. The van der Waals surface area contributed by atoms with Gasteiger partial charge in [-0.15, -0.1) is 6.42 Å². The van der Waals surface area contributed by atoms with E-state index in [1.165, 1.54) is 10.9 Å². The standard InChI is InChI=1S/C13H14FN5O4/c1-2-13(4-20)8(21)6(3-14)11(23-13)19-5-16-7-9(19)17-12(15)18-10(7)22/h1,5-6,8,11,20-21H,3-4H2,(H3,15,17,18,22)/t6-,8-,11+,13+/m0/s1. The fourth-order valence-corrected chi connectivity index (χ4v) is 2.70. The fraction of sp³-hybridized carbons (Fsp3) is 0.462. The third kappa shape index (κ3) is 2.09. The molecule has 2 aromatic rings. The summed E-state index contributed by atoms with van der Waals surface area (Å²) < 4.78 is 20.3. The summed E-state index contributed by atoms with van der Waals surface area (Å²) in [5.74, 6) is 0.465. The van der Waals surface area contributed by atoms with Crippen LogP contribution in [0.2, 0.25) is 0 Å². The summed E-state index contributed by atoms with van der Waals surface area (Å²) in [6.45, 7) is -1.64. The number of terminal acetylenes is 1. The molecular weight excluding hydrogens is 309 g/mol. The molecule has 0 radical (unpaired) electrons. The van der Waals surface area contributed by atoms with Crippen LogP contribution in [0.25, 0.3) is 11.2 Å². The molecule has 122 valence electrons. The van der Waals surface area contributed by atoms with Crippen molar-refractivity contribution in [1.82, 2.24) is 19.5 Å². The van der Waals surface area contributed by atoms with Gasteiger partial charge in [0, 0.05) is 0 Å². The Balaban J connectivity index is 2.13. The van der Waals surface area contributed by atoms with Crippen molar-refractivity contribution in [2.24, 2.45) is 5.92 Å². The van der Waals surface area contributed by atoms with Gasteiger partial charge in [0.15, 0.2) is 16.8 Å². The number of aromatic nitrogens is 4. The topological polar surface area (TPSA) is 140 Å². The molecule has 0 amide bonds. The summed E-state index contributed by atoms with van der Waals surface area (Å²) in [5, 5.41) is 29.4. The molecule has 9 nitrogen and oxygen atoms in total. The summed E-state index contributed by atoms with van der Waals surface area (Å²) in [4.78, 5) is 11.4. The Bertz CT molecular complexity index is 790. The molecule has 0 spiro atoms. The van der Waals surface area contributed by atoms with Gasteiger partial charge < -0.3 is 25.8 Å². The zero-order chi connectivity index (χ0) is 16.8. The van der Waals surface area contributed by atoms with Crippen LogP contribution in [0.1, 0.15) is 6.23 Å². The number of imidazole rings is 1. The van der Waals surface area contributed by atoms with Crippen LogP contribution in [-0.2, 0) is 4.74 Å². The smallest absolute Gasteiger partial charge is 0.244 e. The SMILES string of the molecule is C#C[C@]1(CO)O[C@@H](n2cnc3c(O)nc(N)nc32)[C@@H](CF)[C@@H]1O. The van der Waals surface area contributed by atoms with E-state index in [2.05, 4.69) is 20.9 Å². The van der Waals surface area contributed by atoms with Gasteiger partial charge in [-0.3, -0.25) is 8.96 Å². The van der Waals surface area contributed by atoms with Crippen LogP contribution in [0.4, 0.5) is 10.3 Å². The van der Waals surface area contributed by atoms with Crippen LogP contribution < -0.4 is 5.73 Å². The molecule has 1 aliphatic rings. The molecule has 0 bridgehead atoms. The second-order valence-corrected chi connectivity index (χ2v) is 5.19. The number of hydrogen-bond acceptors (Lipinski definition) is 8. The number of nitrogens with zero attached hydrogens (tertiary/aromatic N) is 4. The number of nitrogen functional groups attached to an aromatic ring is 1. The van der Waals surface area contributed by atoms with Crippen LogP contribution in [0.5, 0.6) is 5.88 Å². The van der Waals surface area contributed by atoms with Gasteiger partial charge in [0.2, 0.25) is 11.8 Å². The molecule has 1 fully saturated rings. The molecule has 1 aliphatic heterocycles. The van der Waals surface area contributed by atoms with Crippen LogP contribution in [0.3, 0.4) is 0 Å². The van der Waals surface area contributed by atoms with Gasteiger partial charge >= 0.3 is 0 Å². The van der Waals surface area contributed by atoms with E-state index in [4.69, 9.17) is 16.9 Å². The minimum Gasteiger partial charge on any atom is -0.492 e. The zero-order valence-electron chi connectivity index (χ0n) is 11.8. The molecule has 23 heavy (non-hydrogen) atoms. The molecule has 2 aromatic heterocycles. The Morgan fingerprint density at radius 1 is 1.52 bits per heavy atom. The molecule has 5 N–H and O–H groups in total. The van der Waals surface area contributed by atoms with Gasteiger partial charge in [0.25, 0.3) is 0 Å². The first kappa shape index (κ1) is 15.4. The van der Waals surface area contributed by atoms with E-state index < -0.39 is 43.0 Å². The van der Waals surface area contributed by atoms with Gasteiger partial charge in [0.1, 0.15) is 12.3 Å². The van der Waals surface area contributed by atoms with Crippen LogP contribution in [0, 0.1) is 18.3 Å². The molecule has 0 aromatic carbocycles. The number of aliphatic hydroxyl groups excluding tert-OH is 2. The van der Waals surface area contributed by atoms with Crippen LogP contribution >= 0.6 is 0 Å². The van der Waals surface area contributed by atoms with Gasteiger partial charge in [-0.05, 0) is 0 Å². The Kier molecular flexibility index (Phi) is 3.56. The summed E-state index contributed by atoms with van der Waals surface area (Å²) >= 11 is 0. The van der Waals surface area contributed by atoms with Crippen molar-refractivity contribution in [1.29, 1.82) is 0 Å². The average Bonchev–Trinajstić information content (AvgIpc) is 3.06. The predicted molar refractivity (Wildman–Crippen MR) is 75.6 cm³/mol. The van der Waals surface area contributed by atoms with Gasteiger partial charge in [0.05, 0.1) is 25.5 Å². The number of fused-ring (bicyclic) bond motifs is 1. The molecule has 4 atom stereocenters. The van der Waals surface area contributed by atoms with E-state index in [1.54, 1.807) is 0 Å². The number of hydrogen-bond donors (Lipinski definition) is 4. The zero-order valence-corrected chi connectivity index (χ0v) is 11.8. The van der Waals surface area contributed by atoms with Crippen molar-refractivity contribution >= 4 is 17.1 Å². The summed E-state index contributed by atoms with van der Waals surface area (Å²) in [7, 11) is 0. The second-order valence-electron chi connectivity index (χ2n) is 5.19. The van der Waals surface area contributed by atoms with E-state index in [1.807, 2.05) is 0 Å². The number of ether oxygens (including phenoxy) is 1. The molecule has 0 aliphatic carbocycles. The highest BCUT2D eigenvalue weighted by molar-refractivity contribution is 5.77. The molecule has 10 heteroatoms. The number of aromatic hydroxyl groups is 1. The number of nitrogens with two attached hydrogens (primary N) is 1. The highest BCUT2D eigenvalue weighted by Gasteiger charge is 2.54. The first-order chi connectivity index (χ1) is 11.0. The Hall–Kier alpha value is -2.48. The van der Waals surface area contributed by atoms with E-state index >= 15 is 0 Å². The van der Waals surface area contributed by atoms with Crippen LogP contribution in [0.15, 0.2) is 6.33 Å². The molecule has 0 saturated carbocycles. The number of alkyl halides is 1. The van der Waals surface area contributed by atoms with Crippen molar-refractivity contribution in [3.05, 3.63) is 6.33 Å². The number of halogens is 1. The molecular formula is C13H14FN5O4. The number of anilines is 1. The quantitative estimate of drug-likeness (QED) is 0.525. The first-order valence-corrected chi connectivity index (χ1v) is 6.67. The third-order valence-electron chi connectivity index (χ3n) is 3.93. The maximum Gasteiger partial charge on any atom is 0.244 e. The maximum absolute atomic E-state index is 13.4. The van der Waals surface area contributed by atoms with Gasteiger partial charge in [-0.2, -0.15) is 9.97 Å². The van der Waals surface area contributed by atoms with Crippen molar-refractivity contribution in [3.63, 3.8) is 0 Å². The van der Waals surface area contributed by atoms with E-state index in [-0.39, 0.29) is 17.1 Å². The summed E-state index contributed by atoms with van der Waals surface area (Å²) in [6, 6.07) is 0. The normalized spacial score (nSPS) is 30.6. The minimum atomic E-state index is -1.74. The highest BCUT2D eigenvalue weighted by atomic mass is 19.1. The first-order valence-electron chi connectivity index (χ1n) is 6.67. The van der Waals surface area contributed by atoms with E-state index in [0.717, 1.165) is 0 Å². The fourth-order valence-electron chi connectivity index (χ4n) is 2.70. The van der Waals surface area contributed by atoms with Crippen molar-refractivity contribution in [2.75, 3.05) is 19.0 Å². The van der Waals surface area contributed by atoms with Gasteiger partial charge in [-0.1, -0.05) is 5.92 Å². The molecule has 3 rings (SSSR count). The summed E-state index contributed by atoms with van der Waals surface area (Å²) in [5.41, 5.74) is 3.89. The van der Waals surface area contributed by atoms with Crippen molar-refractivity contribution in [3.8, 4) is 18.2 Å². The van der Waals surface area contributed by atoms with Crippen LogP contribution in [-0.4, -0.2) is 59.8 Å². The number of aliphatic hydroxyl groups is 2. The number of rotatable bonds is 3. The average molecular weight is 323 g/mol. The lowest BCUT2D eigenvalue weighted by Crippen LogP contribution is -2.43. The molecule has 1 saturated heterocycles. The largest absolute Gasteiger partial charge is 0.492 e.